The number of ketones is 3. The van der Waals surface area contributed by atoms with Crippen LogP contribution < -0.4 is 24.8 Å². The molecule has 0 aromatic rings. The second-order valence-corrected chi connectivity index (χ2v) is 35.7. The molecule has 0 fully saturated rings. The van der Waals surface area contributed by atoms with Crippen molar-refractivity contribution >= 4 is 229 Å². The highest BCUT2D eigenvalue weighted by Crippen LogP contribution is 1.93. The van der Waals surface area contributed by atoms with Crippen LogP contribution in [0.25, 0.3) is 0 Å². The van der Waals surface area contributed by atoms with E-state index in [0.717, 1.165) is 56.1 Å². The third kappa shape index (κ3) is 365. The van der Waals surface area contributed by atoms with Crippen molar-refractivity contribution in [3.63, 3.8) is 0 Å². The highest BCUT2D eigenvalue weighted by Gasteiger charge is 2.03. The molecule has 0 rings (SSSR count). The summed E-state index contributed by atoms with van der Waals surface area (Å²) in [6.45, 7) is 24.2. The Kier molecular flexibility index (Phi) is 157. The molecule has 2 amide bonds. The first-order valence-corrected chi connectivity index (χ1v) is 44.5. The Labute approximate surface area is 675 Å². The lowest BCUT2D eigenvalue weighted by atomic mass is 10.3. The fourth-order valence-corrected chi connectivity index (χ4v) is 0.144. The lowest BCUT2D eigenvalue weighted by molar-refractivity contribution is -0.150. The molecule has 0 spiro atoms. The van der Waals surface area contributed by atoms with Gasteiger partial charge >= 0.3 is 11.9 Å². The summed E-state index contributed by atoms with van der Waals surface area (Å²) in [4.78, 5) is 84.8. The molecule has 0 aliphatic heterocycles. The maximum atomic E-state index is 10.3. The molecule has 0 aromatic heterocycles. The van der Waals surface area contributed by atoms with Crippen molar-refractivity contribution in [1.29, 1.82) is 0 Å². The van der Waals surface area contributed by atoms with Crippen LogP contribution in [0.3, 0.4) is 0 Å². The Bertz CT molecular complexity index is 2350. The van der Waals surface area contributed by atoms with Crippen molar-refractivity contribution in [1.82, 2.24) is 47.5 Å². The number of nitrogens with zero attached hydrogens (tertiary/aromatic N) is 5. The summed E-state index contributed by atoms with van der Waals surface area (Å²) < 4.78 is 129. The normalized spacial score (nSPS) is 9.88. The Morgan fingerprint density at radius 2 is 0.654 bits per heavy atom. The highest BCUT2D eigenvalue weighted by molar-refractivity contribution is 8.22. The van der Waals surface area contributed by atoms with Crippen LogP contribution in [-0.2, 0) is 131 Å². The number of rotatable bonds is 9. The number of aliphatic hydroxyl groups excluding tert-OH is 1. The second-order valence-electron chi connectivity index (χ2n) is 18.6. The third-order valence-corrected chi connectivity index (χ3v) is 15.3. The second kappa shape index (κ2) is 109. The Hall–Kier alpha value is -2.76. The number of amides is 2. The summed E-state index contributed by atoms with van der Waals surface area (Å²) in [7, 11) is 18.5. The topological polar surface area (TPSA) is 441 Å². The zero-order chi connectivity index (χ0) is 89.6. The Morgan fingerprint density at radius 1 is 0.490 bits per heavy atom. The van der Waals surface area contributed by atoms with Gasteiger partial charge in [0.15, 0.2) is 21.7 Å². The minimum absolute atomic E-state index is 0.00463. The number of thioether (sulfide) groups is 2. The van der Waals surface area contributed by atoms with Gasteiger partial charge in [-0.1, -0.05) is 60.6 Å². The molecule has 0 aromatic carbocycles. The number of methoxy groups -OCH3 is 3. The van der Waals surface area contributed by atoms with Crippen LogP contribution in [0, 0.1) is 0 Å². The highest BCUT2D eigenvalue weighted by atomic mass is 32.2. The van der Waals surface area contributed by atoms with E-state index in [1.165, 1.54) is 86.6 Å². The number of carbonyl (C=O) groups is 8. The fraction of sp³-hybridized carbons (Fsp3) is 0.772. The molecule has 0 aliphatic carbocycles. The van der Waals surface area contributed by atoms with Gasteiger partial charge in [0.2, 0.25) is 37.6 Å². The molecule has 0 aliphatic rings. The van der Waals surface area contributed by atoms with E-state index in [0.29, 0.717) is 5.05 Å². The number of Topliss-reactive ketones (excluding diaryl/α,β-unsaturated/α-hetero) is 3. The number of hydrogen-bond acceptors (Lipinski definition) is 30. The van der Waals surface area contributed by atoms with Crippen molar-refractivity contribution < 1.29 is 104 Å². The molecule has 4 atom stereocenters. The third-order valence-electron chi connectivity index (χ3n) is 7.02. The van der Waals surface area contributed by atoms with Crippen LogP contribution in [0.15, 0.2) is 0 Å². The molecule has 47 heteroatoms. The number of esters is 2. The molecular formula is C57H136N10O23S14. The van der Waals surface area contributed by atoms with Crippen LogP contribution >= 0.6 is 84.6 Å². The number of hydrogen-bond donors (Lipinski definition) is 6. The van der Waals surface area contributed by atoms with Crippen molar-refractivity contribution in [2.24, 2.45) is 0 Å². The zero-order valence-electron chi connectivity index (χ0n) is 70.0. The van der Waals surface area contributed by atoms with Gasteiger partial charge in [0.05, 0.1) is 101 Å². The molecule has 6 N–H and O–H groups in total. The van der Waals surface area contributed by atoms with Crippen molar-refractivity contribution in [3.8, 4) is 0 Å². The summed E-state index contributed by atoms with van der Waals surface area (Å²) in [5.41, 5.74) is 0. The largest absolute Gasteiger partial charge is 0.491 e. The van der Waals surface area contributed by atoms with Gasteiger partial charge in [-0.3, -0.25) is 37.7 Å². The zero-order valence-corrected chi connectivity index (χ0v) is 81.4. The van der Waals surface area contributed by atoms with Crippen molar-refractivity contribution in [2.45, 2.75) is 110 Å². The first-order valence-electron chi connectivity index (χ1n) is 28.3. The fourth-order valence-electron chi connectivity index (χ4n) is 0.144. The van der Waals surface area contributed by atoms with E-state index in [9.17, 15) is 80.4 Å². The van der Waals surface area contributed by atoms with Gasteiger partial charge in [0, 0.05) is 147 Å². The first-order chi connectivity index (χ1) is 46.1. The predicted molar refractivity (Wildman–Crippen MR) is 464 cm³/mol. The molecule has 0 radical (unpaired) electrons. The van der Waals surface area contributed by atoms with E-state index in [1.54, 1.807) is 150 Å². The standard InChI is InChI=1S/C4H9NO.C4H9NS.C4H6O3.C4H6O2.C3H9NO2S.2C3H9NOS.C3H7NO.C3H7NS.C3H6O2.2C3H6OS.C3H8O.C3H6S2.C3H6S.C2H7NO2S.2C2H7NOS.C2H6O3S/c2*1-4(6)5(2)3;1-3(5)4(6)7-2;1-3(5)4(2)6;1-4(2)7(3,5)6;2*1-4(2)6(3)5;2*1-3(5)4-2;2*1-3(4)5-2;1-3(5)4-2;1-3(2)4;1-3(4)5-2;1-3(2)4;1-3-6(2,4)5;2*1-3-5(2)4;1-5-6(2,3)4/h2*1-3H3;1-2H3;1-2H3;1-3H3;2*1-3H3;2*1-2H3,(H,4,5);3*1-2H3;3-4H,1-2H3;1-2H3;1-2H3;3H,1-2H3;2*3H,1-2H3;1-2H3. The number of carbonyl (C=O) groups excluding carboxylic acids is 8. The van der Waals surface area contributed by atoms with E-state index in [4.69, 9.17) is 17.3 Å². The minimum atomic E-state index is -3.16. The number of thiocarbonyl (C=S) groups is 5. The maximum Gasteiger partial charge on any atom is 0.374 e. The number of ether oxygens (including phenoxy) is 3. The SMILES string of the molecule is CC(=O)C(C)=O.CC(=O)N(C)C.CC(=S)N(C)C.CC(C)=S.CC(C)O.CN(C)S(C)(=O)=O.CN(C)S(C)=O.CN(C)S(C)=O.CNC(C)=O.CNC(C)=S.CNS(C)(=O)=O.CNS(C)=O.CNS(C)=O.COC(=O)C(C)=O.COC(C)=O.COC(C)=S.COS(C)(=O)=O.CSC(C)=O.CSC(C)=S. The maximum absolute atomic E-state index is 10.3. The Balaban J connectivity index is -0.0000000432. The predicted octanol–water partition coefficient (Wildman–Crippen LogP) is 3.69. The van der Waals surface area contributed by atoms with Gasteiger partial charge in [0.1, 0.15) is 0 Å². The average Bonchev–Trinajstić information content (AvgIpc) is 3.50. The number of nitrogens with one attached hydrogen (secondary N) is 5. The van der Waals surface area contributed by atoms with Crippen LogP contribution in [0.1, 0.15) is 104 Å². The molecular weight excluding hydrogens is 1640 g/mol. The molecule has 0 heterocycles. The summed E-state index contributed by atoms with van der Waals surface area (Å²) in [5, 5.41) is 14.0. The summed E-state index contributed by atoms with van der Waals surface area (Å²) in [6, 6.07) is 0. The van der Waals surface area contributed by atoms with Crippen LogP contribution in [0.5, 0.6) is 0 Å². The quantitative estimate of drug-likeness (QED) is 0.0829. The molecule has 0 bridgehead atoms. The summed E-state index contributed by atoms with van der Waals surface area (Å²) >= 11 is 25.9. The van der Waals surface area contributed by atoms with Gasteiger partial charge in [-0.15, -0.1) is 11.8 Å². The molecule has 104 heavy (non-hydrogen) atoms. The minimum Gasteiger partial charge on any atom is -0.491 e. The van der Waals surface area contributed by atoms with Gasteiger partial charge in [-0.2, -0.15) is 8.42 Å². The van der Waals surface area contributed by atoms with E-state index >= 15 is 0 Å². The molecule has 33 nitrogen and oxygen atoms in total. The van der Waals surface area contributed by atoms with Gasteiger partial charge in [-0.25, -0.2) is 65.5 Å². The lowest BCUT2D eigenvalue weighted by Crippen LogP contribution is -2.19. The van der Waals surface area contributed by atoms with Gasteiger partial charge in [0.25, 0.3) is 10.1 Å². The molecule has 0 saturated carbocycles. The van der Waals surface area contributed by atoms with E-state index in [-0.39, 0.29) is 40.6 Å². The van der Waals surface area contributed by atoms with Gasteiger partial charge in [-0.05, 0) is 127 Å². The van der Waals surface area contributed by atoms with Gasteiger partial charge < -0.3 is 39.8 Å². The number of sulfonamides is 2. The lowest BCUT2D eigenvalue weighted by Gasteiger charge is -2.06. The molecule has 0 saturated heterocycles. The Morgan fingerprint density at radius 3 is 0.654 bits per heavy atom. The summed E-state index contributed by atoms with van der Waals surface area (Å²) in [6.07, 6.45) is 13.3. The average molecular weight is 1780 g/mol. The molecule has 636 valence electrons. The molecule has 4 unspecified atom stereocenters. The van der Waals surface area contributed by atoms with Crippen LogP contribution in [0.4, 0.5) is 0 Å². The monoisotopic (exact) mass is 1780 g/mol. The number of aliphatic hydroxyl groups is 1. The summed E-state index contributed by atoms with van der Waals surface area (Å²) in [5.74, 6) is -2.27. The van der Waals surface area contributed by atoms with E-state index < -0.39 is 85.9 Å². The van der Waals surface area contributed by atoms with Crippen molar-refractivity contribution in [3.05, 3.63) is 0 Å². The van der Waals surface area contributed by atoms with E-state index in [1.807, 2.05) is 66.9 Å². The van der Waals surface area contributed by atoms with Crippen molar-refractivity contribution in [2.75, 3.05) is 190 Å². The van der Waals surface area contributed by atoms with Crippen LogP contribution in [-0.4, -0.2) is 337 Å². The smallest absolute Gasteiger partial charge is 0.374 e. The first kappa shape index (κ1) is 150. The van der Waals surface area contributed by atoms with Crippen LogP contribution in [0.2, 0.25) is 0 Å². The van der Waals surface area contributed by atoms with E-state index in [2.05, 4.69) is 92.1 Å².